The van der Waals surface area contributed by atoms with E-state index < -0.39 is 23.1 Å². The van der Waals surface area contributed by atoms with Crippen molar-refractivity contribution in [3.05, 3.63) is 46.9 Å². The van der Waals surface area contributed by atoms with E-state index in [2.05, 4.69) is 0 Å². The summed E-state index contributed by atoms with van der Waals surface area (Å²) in [6, 6.07) is 12.6. The summed E-state index contributed by atoms with van der Waals surface area (Å²) >= 11 is 0. The lowest BCUT2D eigenvalue weighted by Gasteiger charge is -2.09. The van der Waals surface area contributed by atoms with E-state index in [-0.39, 0.29) is 11.3 Å². The molecule has 1 aromatic rings. The molecule has 0 radical (unpaired) electrons. The summed E-state index contributed by atoms with van der Waals surface area (Å²) in [7, 11) is 0. The molecule has 0 heterocycles. The van der Waals surface area contributed by atoms with Gasteiger partial charge in [-0.2, -0.15) is 21.0 Å². The molecular weight excluding hydrogens is 269 g/mol. The van der Waals surface area contributed by atoms with Gasteiger partial charge in [-0.1, -0.05) is 12.1 Å². The molecule has 3 atom stereocenters. The molecule has 0 amide bonds. The van der Waals surface area contributed by atoms with E-state index in [1.54, 1.807) is 12.1 Å². The maximum absolute atomic E-state index is 13.0. The van der Waals surface area contributed by atoms with Crippen molar-refractivity contribution in [1.82, 2.24) is 0 Å². The fraction of sp³-hybridized carbons (Fsp3) is 0.200. The van der Waals surface area contributed by atoms with Crippen LogP contribution in [0.25, 0.3) is 0 Å². The maximum Gasteiger partial charge on any atom is 0.150 e. The second-order valence-corrected chi connectivity index (χ2v) is 4.63. The molecular formula is C15H8FN5. The van der Waals surface area contributed by atoms with Gasteiger partial charge >= 0.3 is 0 Å². The van der Waals surface area contributed by atoms with Crippen LogP contribution in [-0.2, 0) is 0 Å². The van der Waals surface area contributed by atoms with Gasteiger partial charge in [-0.3, -0.25) is 0 Å². The summed E-state index contributed by atoms with van der Waals surface area (Å²) in [5.41, 5.74) is 4.39. The van der Waals surface area contributed by atoms with Crippen molar-refractivity contribution in [3.63, 3.8) is 0 Å². The molecule has 2 rings (SSSR count). The van der Waals surface area contributed by atoms with Crippen LogP contribution in [0.4, 0.5) is 4.39 Å². The van der Waals surface area contributed by atoms with Crippen molar-refractivity contribution in [2.24, 2.45) is 17.1 Å². The zero-order valence-corrected chi connectivity index (χ0v) is 10.7. The van der Waals surface area contributed by atoms with E-state index in [1.807, 2.05) is 12.1 Å². The summed E-state index contributed by atoms with van der Waals surface area (Å²) in [4.78, 5) is 0. The van der Waals surface area contributed by atoms with Gasteiger partial charge in [0.05, 0.1) is 23.8 Å². The predicted molar refractivity (Wildman–Crippen MR) is 68.7 cm³/mol. The van der Waals surface area contributed by atoms with Crippen molar-refractivity contribution in [3.8, 4) is 24.3 Å². The third-order valence-electron chi connectivity index (χ3n) is 3.70. The Morgan fingerprint density at radius 3 is 2.10 bits per heavy atom. The van der Waals surface area contributed by atoms with Crippen LogP contribution in [-0.4, -0.2) is 0 Å². The Balaban J connectivity index is 2.57. The summed E-state index contributed by atoms with van der Waals surface area (Å²) in [5, 5.41) is 36.4. The Morgan fingerprint density at radius 2 is 1.67 bits per heavy atom. The molecule has 1 fully saturated rings. The fourth-order valence-electron chi connectivity index (χ4n) is 2.58. The molecule has 21 heavy (non-hydrogen) atoms. The first-order chi connectivity index (χ1) is 10.1. The second-order valence-electron chi connectivity index (χ2n) is 4.63. The highest BCUT2D eigenvalue weighted by Gasteiger charge is 2.69. The van der Waals surface area contributed by atoms with Crippen molar-refractivity contribution in [2.75, 3.05) is 0 Å². The molecule has 0 aliphatic heterocycles. The van der Waals surface area contributed by atoms with Crippen molar-refractivity contribution >= 4 is 0 Å². The van der Waals surface area contributed by atoms with Gasteiger partial charge < -0.3 is 5.73 Å². The molecule has 0 saturated heterocycles. The van der Waals surface area contributed by atoms with E-state index in [0.717, 1.165) is 0 Å². The first-order valence-electron chi connectivity index (χ1n) is 5.93. The lowest BCUT2D eigenvalue weighted by Crippen LogP contribution is -2.17. The maximum atomic E-state index is 13.0. The van der Waals surface area contributed by atoms with Crippen LogP contribution in [0.3, 0.4) is 0 Å². The topological polar surface area (TPSA) is 121 Å². The predicted octanol–water partition coefficient (Wildman–Crippen LogP) is 1.83. The number of nitrogens with zero attached hydrogens (tertiary/aromatic N) is 4. The van der Waals surface area contributed by atoms with Crippen molar-refractivity contribution < 1.29 is 4.39 Å². The Labute approximate surface area is 120 Å². The van der Waals surface area contributed by atoms with Gasteiger partial charge in [0.15, 0.2) is 0 Å². The average molecular weight is 277 g/mol. The zero-order valence-electron chi connectivity index (χ0n) is 10.7. The third kappa shape index (κ3) is 1.88. The van der Waals surface area contributed by atoms with E-state index in [4.69, 9.17) is 16.3 Å². The molecule has 1 aliphatic rings. The third-order valence-corrected chi connectivity index (χ3v) is 3.70. The monoisotopic (exact) mass is 277 g/mol. The van der Waals surface area contributed by atoms with Crippen LogP contribution in [0.15, 0.2) is 35.5 Å². The highest BCUT2D eigenvalue weighted by molar-refractivity contribution is 5.55. The Kier molecular flexibility index (Phi) is 3.33. The van der Waals surface area contributed by atoms with Crippen LogP contribution in [0.1, 0.15) is 11.5 Å². The first-order valence-corrected chi connectivity index (χ1v) is 5.93. The SMILES string of the molecule is N#CC(C#N)=C(N)[C@]1(C#N)[C@@H](C#N)[C@@H]1c1ccc(F)cc1. The molecule has 0 unspecified atom stereocenters. The number of nitrogens with two attached hydrogens (primary N) is 1. The first kappa shape index (κ1) is 14.1. The van der Waals surface area contributed by atoms with Crippen LogP contribution in [0.5, 0.6) is 0 Å². The van der Waals surface area contributed by atoms with Crippen LogP contribution < -0.4 is 5.73 Å². The van der Waals surface area contributed by atoms with Crippen LogP contribution in [0.2, 0.25) is 0 Å². The molecule has 6 heteroatoms. The number of benzene rings is 1. The van der Waals surface area contributed by atoms with Gasteiger partial charge in [0.2, 0.25) is 0 Å². The molecule has 100 valence electrons. The minimum absolute atomic E-state index is 0.198. The normalized spacial score (nSPS) is 25.6. The second kappa shape index (κ2) is 4.97. The lowest BCUT2D eigenvalue weighted by atomic mass is 9.94. The van der Waals surface area contributed by atoms with Crippen LogP contribution in [0, 0.1) is 62.5 Å². The number of nitriles is 4. The smallest absolute Gasteiger partial charge is 0.150 e. The Hall–Kier alpha value is -3.35. The number of halogens is 1. The van der Waals surface area contributed by atoms with E-state index in [0.29, 0.717) is 5.56 Å². The molecule has 5 nitrogen and oxygen atoms in total. The quantitative estimate of drug-likeness (QED) is 0.826. The van der Waals surface area contributed by atoms with Gasteiger partial charge in [0.25, 0.3) is 0 Å². The molecule has 1 aromatic carbocycles. The Morgan fingerprint density at radius 1 is 1.10 bits per heavy atom. The largest absolute Gasteiger partial charge is 0.399 e. The number of allylic oxidation sites excluding steroid dienone is 2. The summed E-state index contributed by atoms with van der Waals surface area (Å²) in [5.74, 6) is -1.79. The van der Waals surface area contributed by atoms with Gasteiger partial charge in [0, 0.05) is 5.92 Å². The average Bonchev–Trinajstić information content (AvgIpc) is 3.18. The summed E-state index contributed by atoms with van der Waals surface area (Å²) in [6.45, 7) is 0. The van der Waals surface area contributed by atoms with Gasteiger partial charge in [0.1, 0.15) is 28.9 Å². The molecule has 1 aliphatic carbocycles. The standard InChI is InChI=1S/C15H8FN5/c16-11-3-1-9(2-4-11)13-12(7-19)15(13,8-20)14(21)10(5-17)6-18/h1-4,12-13H,21H2/t12-,13-,15+/m0/s1. The molecule has 0 bridgehead atoms. The summed E-state index contributed by atoms with van der Waals surface area (Å²) < 4.78 is 13.0. The minimum Gasteiger partial charge on any atom is -0.399 e. The highest BCUT2D eigenvalue weighted by Crippen LogP contribution is 2.67. The highest BCUT2D eigenvalue weighted by atomic mass is 19.1. The van der Waals surface area contributed by atoms with E-state index >= 15 is 0 Å². The molecule has 0 aromatic heterocycles. The summed E-state index contributed by atoms with van der Waals surface area (Å²) in [6.07, 6.45) is 0. The number of hydrogen-bond acceptors (Lipinski definition) is 5. The van der Waals surface area contributed by atoms with Crippen LogP contribution >= 0.6 is 0 Å². The molecule has 2 N–H and O–H groups in total. The van der Waals surface area contributed by atoms with E-state index in [1.165, 1.54) is 24.3 Å². The minimum atomic E-state index is -1.41. The van der Waals surface area contributed by atoms with Gasteiger partial charge in [-0.05, 0) is 17.7 Å². The fourth-order valence-corrected chi connectivity index (χ4v) is 2.58. The van der Waals surface area contributed by atoms with Gasteiger partial charge in [-0.15, -0.1) is 0 Å². The molecule has 0 spiro atoms. The van der Waals surface area contributed by atoms with E-state index in [9.17, 15) is 14.9 Å². The zero-order chi connectivity index (χ0) is 15.6. The number of rotatable bonds is 2. The lowest BCUT2D eigenvalue weighted by molar-refractivity contribution is 0.626. The van der Waals surface area contributed by atoms with Crippen molar-refractivity contribution in [2.45, 2.75) is 5.92 Å². The van der Waals surface area contributed by atoms with Crippen molar-refractivity contribution in [1.29, 1.82) is 21.0 Å². The Bertz CT molecular complexity index is 766. The number of hydrogen-bond donors (Lipinski definition) is 1. The molecule has 1 saturated carbocycles. The van der Waals surface area contributed by atoms with Gasteiger partial charge in [-0.25, -0.2) is 4.39 Å².